The number of hydrogen-bond donors (Lipinski definition) is 3. The summed E-state index contributed by atoms with van der Waals surface area (Å²) >= 11 is 0. The van der Waals surface area contributed by atoms with Crippen LogP contribution in [0, 0.1) is 12.7 Å². The molecule has 1 heterocycles. The van der Waals surface area contributed by atoms with Gasteiger partial charge < -0.3 is 10.6 Å². The summed E-state index contributed by atoms with van der Waals surface area (Å²) in [5, 5.41) is 10.2. The van der Waals surface area contributed by atoms with E-state index in [1.807, 2.05) is 0 Å². The average Bonchev–Trinajstić information content (AvgIpc) is 2.43. The van der Waals surface area contributed by atoms with E-state index in [1.54, 1.807) is 19.1 Å². The van der Waals surface area contributed by atoms with Crippen LogP contribution in [-0.2, 0) is 10.2 Å². The molecule has 1 aromatic carbocycles. The summed E-state index contributed by atoms with van der Waals surface area (Å²) < 4.78 is 37.3. The van der Waals surface area contributed by atoms with E-state index in [1.165, 1.54) is 10.4 Å². The lowest BCUT2D eigenvalue weighted by atomic mass is 10.1. The summed E-state index contributed by atoms with van der Waals surface area (Å²) in [7, 11) is -3.68. The number of nitrogens with zero attached hydrogens (tertiary/aromatic N) is 1. The number of carbonyl (C=O) groups is 1. The second-order valence-electron chi connectivity index (χ2n) is 5.25. The van der Waals surface area contributed by atoms with Crippen LogP contribution in [0.25, 0.3) is 0 Å². The standard InChI is InChI=1S/C13H19FN4O3S/c1-9-3-2-4-11(12(9)14)17-13(19)16-10-5-7-18(8-6-10)22(15,20)21/h2-4,10H,5-8H2,1H3,(H2,15,20,21)(H2,16,17,19). The van der Waals surface area contributed by atoms with Gasteiger partial charge in [0.1, 0.15) is 5.82 Å². The zero-order chi connectivity index (χ0) is 16.3. The largest absolute Gasteiger partial charge is 0.335 e. The number of carbonyl (C=O) groups excluding carboxylic acids is 1. The molecule has 1 saturated heterocycles. The minimum absolute atomic E-state index is 0.111. The predicted octanol–water partition coefficient (Wildman–Crippen LogP) is 0.924. The zero-order valence-electron chi connectivity index (χ0n) is 12.2. The topological polar surface area (TPSA) is 105 Å². The molecule has 4 N–H and O–H groups in total. The zero-order valence-corrected chi connectivity index (χ0v) is 13.0. The molecule has 1 fully saturated rings. The third-order valence-electron chi connectivity index (χ3n) is 3.59. The lowest BCUT2D eigenvalue weighted by molar-refractivity contribution is 0.238. The summed E-state index contributed by atoms with van der Waals surface area (Å²) in [5.41, 5.74) is 0.554. The number of aryl methyl sites for hydroxylation is 1. The molecular formula is C13H19FN4O3S. The minimum Gasteiger partial charge on any atom is -0.335 e. The quantitative estimate of drug-likeness (QED) is 0.767. The molecule has 0 spiro atoms. The average molecular weight is 330 g/mol. The van der Waals surface area contributed by atoms with Crippen LogP contribution in [-0.4, -0.2) is 37.9 Å². The summed E-state index contributed by atoms with van der Waals surface area (Å²) in [5.74, 6) is -0.471. The number of anilines is 1. The van der Waals surface area contributed by atoms with Crippen LogP contribution in [0.15, 0.2) is 18.2 Å². The van der Waals surface area contributed by atoms with Gasteiger partial charge in [0.2, 0.25) is 0 Å². The smallest absolute Gasteiger partial charge is 0.319 e. The van der Waals surface area contributed by atoms with E-state index >= 15 is 0 Å². The van der Waals surface area contributed by atoms with E-state index in [-0.39, 0.29) is 24.8 Å². The number of urea groups is 1. The number of hydrogen-bond acceptors (Lipinski definition) is 3. The van der Waals surface area contributed by atoms with Crippen molar-refractivity contribution in [3.8, 4) is 0 Å². The van der Waals surface area contributed by atoms with Gasteiger partial charge in [0, 0.05) is 19.1 Å². The van der Waals surface area contributed by atoms with E-state index < -0.39 is 22.1 Å². The molecule has 2 rings (SSSR count). The normalized spacial score (nSPS) is 17.2. The van der Waals surface area contributed by atoms with Crippen molar-refractivity contribution < 1.29 is 17.6 Å². The van der Waals surface area contributed by atoms with Crippen molar-refractivity contribution in [2.24, 2.45) is 5.14 Å². The van der Waals surface area contributed by atoms with Crippen LogP contribution in [0.4, 0.5) is 14.9 Å². The number of benzene rings is 1. The third kappa shape index (κ3) is 4.15. The number of amides is 2. The lowest BCUT2D eigenvalue weighted by Crippen LogP contribution is -2.49. The van der Waals surface area contributed by atoms with Gasteiger partial charge >= 0.3 is 6.03 Å². The van der Waals surface area contributed by atoms with E-state index in [0.717, 1.165) is 0 Å². The van der Waals surface area contributed by atoms with Gasteiger partial charge in [-0.1, -0.05) is 12.1 Å². The second kappa shape index (κ2) is 6.59. The summed E-state index contributed by atoms with van der Waals surface area (Å²) in [6.07, 6.45) is 0.917. The van der Waals surface area contributed by atoms with Crippen molar-refractivity contribution in [1.29, 1.82) is 0 Å². The Balaban J connectivity index is 1.87. The number of nitrogens with two attached hydrogens (primary N) is 1. The maximum absolute atomic E-state index is 13.8. The SMILES string of the molecule is Cc1cccc(NC(=O)NC2CCN(S(N)(=O)=O)CC2)c1F. The number of piperidine rings is 1. The maximum atomic E-state index is 13.8. The molecule has 1 aliphatic rings. The fourth-order valence-electron chi connectivity index (χ4n) is 2.34. The molecule has 0 unspecified atom stereocenters. The fourth-order valence-corrected chi connectivity index (χ4v) is 3.06. The molecule has 0 aliphatic carbocycles. The van der Waals surface area contributed by atoms with Gasteiger partial charge in [-0.05, 0) is 31.4 Å². The van der Waals surface area contributed by atoms with Crippen LogP contribution >= 0.6 is 0 Å². The van der Waals surface area contributed by atoms with Gasteiger partial charge in [0.25, 0.3) is 10.2 Å². The van der Waals surface area contributed by atoms with E-state index in [2.05, 4.69) is 10.6 Å². The van der Waals surface area contributed by atoms with Crippen molar-refractivity contribution in [1.82, 2.24) is 9.62 Å². The minimum atomic E-state index is -3.68. The Morgan fingerprint density at radius 3 is 2.59 bits per heavy atom. The molecule has 7 nitrogen and oxygen atoms in total. The highest BCUT2D eigenvalue weighted by Gasteiger charge is 2.26. The Bertz CT molecular complexity index is 657. The van der Waals surface area contributed by atoms with Gasteiger partial charge in [0.15, 0.2) is 0 Å². The van der Waals surface area contributed by atoms with Crippen molar-refractivity contribution in [3.05, 3.63) is 29.6 Å². The Morgan fingerprint density at radius 1 is 1.36 bits per heavy atom. The lowest BCUT2D eigenvalue weighted by Gasteiger charge is -2.30. The van der Waals surface area contributed by atoms with Gasteiger partial charge in [-0.25, -0.2) is 14.3 Å². The molecule has 0 radical (unpaired) electrons. The molecule has 0 bridgehead atoms. The Hall–Kier alpha value is -1.71. The molecule has 1 aliphatic heterocycles. The van der Waals surface area contributed by atoms with Crippen molar-refractivity contribution in [2.45, 2.75) is 25.8 Å². The molecule has 1 aromatic rings. The van der Waals surface area contributed by atoms with Crippen LogP contribution < -0.4 is 15.8 Å². The molecule has 9 heteroatoms. The van der Waals surface area contributed by atoms with Gasteiger partial charge in [-0.3, -0.25) is 0 Å². The Kier molecular flexibility index (Phi) is 4.99. The van der Waals surface area contributed by atoms with Crippen molar-refractivity contribution in [2.75, 3.05) is 18.4 Å². The second-order valence-corrected chi connectivity index (χ2v) is 6.80. The first-order valence-corrected chi connectivity index (χ1v) is 8.38. The summed E-state index contributed by atoms with van der Waals surface area (Å²) in [6, 6.07) is 4.05. The molecule has 0 saturated carbocycles. The highest BCUT2D eigenvalue weighted by atomic mass is 32.2. The third-order valence-corrected chi connectivity index (χ3v) is 4.67. The molecular weight excluding hydrogens is 311 g/mol. The monoisotopic (exact) mass is 330 g/mol. The Labute approximate surface area is 128 Å². The van der Waals surface area contributed by atoms with Crippen molar-refractivity contribution in [3.63, 3.8) is 0 Å². The number of rotatable bonds is 3. The van der Waals surface area contributed by atoms with Crippen LogP contribution in [0.3, 0.4) is 0 Å². The first kappa shape index (κ1) is 16.7. The van der Waals surface area contributed by atoms with E-state index in [4.69, 9.17) is 5.14 Å². The van der Waals surface area contributed by atoms with Crippen molar-refractivity contribution >= 4 is 21.9 Å². The van der Waals surface area contributed by atoms with Gasteiger partial charge in [-0.15, -0.1) is 0 Å². The molecule has 22 heavy (non-hydrogen) atoms. The first-order chi connectivity index (χ1) is 10.3. The number of halogens is 1. The number of nitrogens with one attached hydrogen (secondary N) is 2. The van der Waals surface area contributed by atoms with Crippen LogP contribution in [0.2, 0.25) is 0 Å². The van der Waals surface area contributed by atoms with E-state index in [0.29, 0.717) is 18.4 Å². The van der Waals surface area contributed by atoms with Crippen LogP contribution in [0.5, 0.6) is 0 Å². The maximum Gasteiger partial charge on any atom is 0.319 e. The summed E-state index contributed by atoms with van der Waals surface area (Å²) in [4.78, 5) is 11.9. The highest BCUT2D eigenvalue weighted by Crippen LogP contribution is 2.17. The molecule has 0 aromatic heterocycles. The fraction of sp³-hybridized carbons (Fsp3) is 0.462. The molecule has 2 amide bonds. The van der Waals surface area contributed by atoms with Gasteiger partial charge in [0.05, 0.1) is 5.69 Å². The predicted molar refractivity (Wildman–Crippen MR) is 81.0 cm³/mol. The highest BCUT2D eigenvalue weighted by molar-refractivity contribution is 7.86. The summed E-state index contributed by atoms with van der Waals surface area (Å²) in [6.45, 7) is 2.12. The molecule has 0 atom stereocenters. The van der Waals surface area contributed by atoms with Crippen LogP contribution in [0.1, 0.15) is 18.4 Å². The molecule has 122 valence electrons. The Morgan fingerprint density at radius 2 is 2.00 bits per heavy atom. The first-order valence-electron chi connectivity index (χ1n) is 6.88. The van der Waals surface area contributed by atoms with E-state index in [9.17, 15) is 17.6 Å². The van der Waals surface area contributed by atoms with Gasteiger partial charge in [-0.2, -0.15) is 12.7 Å².